The summed E-state index contributed by atoms with van der Waals surface area (Å²) in [6, 6.07) is 14.1. The van der Waals surface area contributed by atoms with Crippen LogP contribution in [0.1, 0.15) is 22.8 Å². The number of ether oxygens (including phenoxy) is 1. The van der Waals surface area contributed by atoms with Gasteiger partial charge in [-0.15, -0.1) is 0 Å². The van der Waals surface area contributed by atoms with Gasteiger partial charge in [0.1, 0.15) is 0 Å². The van der Waals surface area contributed by atoms with E-state index >= 15 is 0 Å². The summed E-state index contributed by atoms with van der Waals surface area (Å²) >= 11 is 0. The highest BCUT2D eigenvalue weighted by Gasteiger charge is 2.11. The van der Waals surface area contributed by atoms with Crippen molar-refractivity contribution in [3.05, 3.63) is 59.7 Å². The molecule has 0 fully saturated rings. The van der Waals surface area contributed by atoms with Gasteiger partial charge in [-0.25, -0.2) is 4.79 Å². The Kier molecular flexibility index (Phi) is 6.93. The first-order chi connectivity index (χ1) is 12.8. The molecule has 0 atom stereocenters. The maximum Gasteiger partial charge on any atom is 0.338 e. The molecule has 0 bridgehead atoms. The molecule has 0 aliphatic rings. The van der Waals surface area contributed by atoms with Gasteiger partial charge in [0.2, 0.25) is 5.91 Å². The van der Waals surface area contributed by atoms with Crippen molar-refractivity contribution in [3.8, 4) is 0 Å². The summed E-state index contributed by atoms with van der Waals surface area (Å²) in [5, 5.41) is 5.29. The number of nitrogens with zero attached hydrogens (tertiary/aromatic N) is 1. The van der Waals surface area contributed by atoms with Crippen molar-refractivity contribution < 1.29 is 19.1 Å². The predicted molar refractivity (Wildman–Crippen MR) is 104 cm³/mol. The largest absolute Gasteiger partial charge is 0.452 e. The quantitative estimate of drug-likeness (QED) is 0.731. The van der Waals surface area contributed by atoms with E-state index < -0.39 is 11.9 Å². The fourth-order valence-electron chi connectivity index (χ4n) is 2.31. The van der Waals surface area contributed by atoms with Crippen molar-refractivity contribution >= 4 is 29.2 Å². The van der Waals surface area contributed by atoms with Gasteiger partial charge in [-0.05, 0) is 35.9 Å². The minimum atomic E-state index is -0.632. The molecule has 0 unspecified atom stereocenters. The van der Waals surface area contributed by atoms with E-state index in [2.05, 4.69) is 10.6 Å². The summed E-state index contributed by atoms with van der Waals surface area (Å²) in [7, 11) is 3.91. The molecule has 2 amide bonds. The average molecular weight is 369 g/mol. The molecule has 2 rings (SSSR count). The monoisotopic (exact) mass is 369 g/mol. The Morgan fingerprint density at radius 2 is 1.74 bits per heavy atom. The summed E-state index contributed by atoms with van der Waals surface area (Å²) in [4.78, 5) is 37.0. The van der Waals surface area contributed by atoms with Crippen LogP contribution >= 0.6 is 0 Å². The Bertz CT molecular complexity index is 816. The van der Waals surface area contributed by atoms with Crippen LogP contribution in [0.3, 0.4) is 0 Å². The van der Waals surface area contributed by atoms with Crippen LogP contribution in [-0.4, -0.2) is 38.5 Å². The van der Waals surface area contributed by atoms with Gasteiger partial charge in [0.05, 0.1) is 5.56 Å². The lowest BCUT2D eigenvalue weighted by molar-refractivity contribution is -0.124. The van der Waals surface area contributed by atoms with Gasteiger partial charge in [0.15, 0.2) is 6.61 Å². The van der Waals surface area contributed by atoms with Gasteiger partial charge >= 0.3 is 5.97 Å². The van der Waals surface area contributed by atoms with Gasteiger partial charge in [0, 0.05) is 38.9 Å². The van der Waals surface area contributed by atoms with Crippen molar-refractivity contribution in [2.45, 2.75) is 13.5 Å². The van der Waals surface area contributed by atoms with Crippen LogP contribution in [0, 0.1) is 0 Å². The molecule has 2 N–H and O–H groups in total. The molecular formula is C20H23N3O4. The van der Waals surface area contributed by atoms with Crippen molar-refractivity contribution in [3.63, 3.8) is 0 Å². The molecule has 0 saturated heterocycles. The Morgan fingerprint density at radius 1 is 1.04 bits per heavy atom. The molecule has 142 valence electrons. The Morgan fingerprint density at radius 3 is 2.37 bits per heavy atom. The molecule has 0 aliphatic carbocycles. The molecule has 0 radical (unpaired) electrons. The Hall–Kier alpha value is -3.35. The predicted octanol–water partition coefficient (Wildman–Crippen LogP) is 2.18. The fourth-order valence-corrected chi connectivity index (χ4v) is 2.31. The molecule has 27 heavy (non-hydrogen) atoms. The molecule has 0 saturated carbocycles. The molecule has 0 aromatic heterocycles. The number of rotatable bonds is 7. The molecule has 7 nitrogen and oxygen atoms in total. The van der Waals surface area contributed by atoms with Gasteiger partial charge in [0.25, 0.3) is 5.91 Å². The highest BCUT2D eigenvalue weighted by atomic mass is 16.5. The third-order valence-electron chi connectivity index (χ3n) is 3.70. The highest BCUT2D eigenvalue weighted by Crippen LogP contribution is 2.13. The standard InChI is InChI=1S/C20H23N3O4/c1-14(24)22-17-6-4-5-16(11-17)20(26)27-13-19(25)21-12-15-7-9-18(10-8-15)23(2)3/h4-11H,12-13H2,1-3H3,(H,21,25)(H,22,24). The third kappa shape index (κ3) is 6.47. The molecule has 2 aromatic carbocycles. The summed E-state index contributed by atoms with van der Waals surface area (Å²) in [5.41, 5.74) is 2.76. The number of hydrogen-bond donors (Lipinski definition) is 2. The van der Waals surface area contributed by atoms with Crippen LogP contribution < -0.4 is 15.5 Å². The second-order valence-corrected chi connectivity index (χ2v) is 6.18. The number of hydrogen-bond acceptors (Lipinski definition) is 5. The van der Waals surface area contributed by atoms with Crippen LogP contribution in [-0.2, 0) is 20.9 Å². The van der Waals surface area contributed by atoms with Gasteiger partial charge in [-0.3, -0.25) is 9.59 Å². The lowest BCUT2D eigenvalue weighted by atomic mass is 10.2. The van der Waals surface area contributed by atoms with E-state index in [1.54, 1.807) is 18.2 Å². The Balaban J connectivity index is 1.81. The summed E-state index contributed by atoms with van der Waals surface area (Å²) < 4.78 is 5.02. The first-order valence-corrected chi connectivity index (χ1v) is 8.43. The van der Waals surface area contributed by atoms with Crippen molar-refractivity contribution in [2.75, 3.05) is 30.9 Å². The van der Waals surface area contributed by atoms with Crippen LogP contribution in [0.4, 0.5) is 11.4 Å². The Labute approximate surface area is 158 Å². The molecule has 0 spiro atoms. The molecule has 0 aliphatic heterocycles. The smallest absolute Gasteiger partial charge is 0.338 e. The first-order valence-electron chi connectivity index (χ1n) is 8.43. The van der Waals surface area contributed by atoms with Crippen LogP contribution in [0.2, 0.25) is 0 Å². The number of nitrogens with one attached hydrogen (secondary N) is 2. The van der Waals surface area contributed by atoms with Crippen molar-refractivity contribution in [1.29, 1.82) is 0 Å². The van der Waals surface area contributed by atoms with E-state index in [-0.39, 0.29) is 18.1 Å². The molecule has 7 heteroatoms. The number of carbonyl (C=O) groups excluding carboxylic acids is 3. The highest BCUT2D eigenvalue weighted by molar-refractivity contribution is 5.94. The van der Waals surface area contributed by atoms with Gasteiger partial charge in [-0.1, -0.05) is 18.2 Å². The van der Waals surface area contributed by atoms with Crippen molar-refractivity contribution in [2.24, 2.45) is 0 Å². The maximum absolute atomic E-state index is 12.0. The van der Waals surface area contributed by atoms with E-state index in [1.807, 2.05) is 43.3 Å². The summed E-state index contributed by atoms with van der Waals surface area (Å²) in [6.45, 7) is 1.35. The minimum Gasteiger partial charge on any atom is -0.452 e. The topological polar surface area (TPSA) is 87.7 Å². The average Bonchev–Trinajstić information content (AvgIpc) is 2.64. The van der Waals surface area contributed by atoms with Crippen molar-refractivity contribution in [1.82, 2.24) is 5.32 Å². The molecule has 0 heterocycles. The van der Waals surface area contributed by atoms with Crippen LogP contribution in [0.25, 0.3) is 0 Å². The zero-order valence-electron chi connectivity index (χ0n) is 15.6. The number of carbonyl (C=O) groups is 3. The first kappa shape index (κ1) is 20.0. The molecule has 2 aromatic rings. The lowest BCUT2D eigenvalue weighted by Gasteiger charge is -2.13. The maximum atomic E-state index is 12.0. The third-order valence-corrected chi connectivity index (χ3v) is 3.70. The second-order valence-electron chi connectivity index (χ2n) is 6.18. The minimum absolute atomic E-state index is 0.237. The second kappa shape index (κ2) is 9.38. The van der Waals surface area contributed by atoms with E-state index in [0.717, 1.165) is 11.3 Å². The summed E-state index contributed by atoms with van der Waals surface area (Å²) in [6.07, 6.45) is 0. The number of esters is 1. The van der Waals surface area contributed by atoms with E-state index in [0.29, 0.717) is 12.2 Å². The fraction of sp³-hybridized carbons (Fsp3) is 0.250. The SMILES string of the molecule is CC(=O)Nc1cccc(C(=O)OCC(=O)NCc2ccc(N(C)C)cc2)c1. The van der Waals surface area contributed by atoms with Crippen LogP contribution in [0.5, 0.6) is 0 Å². The lowest BCUT2D eigenvalue weighted by Crippen LogP contribution is -2.28. The van der Waals surface area contributed by atoms with Crippen LogP contribution in [0.15, 0.2) is 48.5 Å². The zero-order valence-corrected chi connectivity index (χ0v) is 15.6. The van der Waals surface area contributed by atoms with Gasteiger partial charge in [-0.2, -0.15) is 0 Å². The number of benzene rings is 2. The molecular weight excluding hydrogens is 346 g/mol. The number of amides is 2. The normalized spacial score (nSPS) is 10.0. The van der Waals surface area contributed by atoms with E-state index in [4.69, 9.17) is 4.74 Å². The zero-order chi connectivity index (χ0) is 19.8. The van der Waals surface area contributed by atoms with E-state index in [1.165, 1.54) is 13.0 Å². The summed E-state index contributed by atoms with van der Waals surface area (Å²) in [5.74, 6) is -1.26. The van der Waals surface area contributed by atoms with Gasteiger partial charge < -0.3 is 20.3 Å². The van der Waals surface area contributed by atoms with E-state index in [9.17, 15) is 14.4 Å². The number of anilines is 2.